The maximum Gasteiger partial charge on any atom is 0.322 e. The van der Waals surface area contributed by atoms with Gasteiger partial charge in [0.15, 0.2) is 0 Å². The summed E-state index contributed by atoms with van der Waals surface area (Å²) in [6, 6.07) is 0. The first-order chi connectivity index (χ1) is 8.54. The van der Waals surface area contributed by atoms with Gasteiger partial charge >= 0.3 is 5.97 Å². The van der Waals surface area contributed by atoms with E-state index in [0.29, 0.717) is 19.3 Å². The smallest absolute Gasteiger partial charge is 0.322 e. The van der Waals surface area contributed by atoms with Crippen LogP contribution in [-0.4, -0.2) is 33.3 Å². The van der Waals surface area contributed by atoms with Gasteiger partial charge in [-0.1, -0.05) is 0 Å². The fourth-order valence-electron chi connectivity index (χ4n) is 2.76. The van der Waals surface area contributed by atoms with Gasteiger partial charge in [0.1, 0.15) is 6.10 Å². The van der Waals surface area contributed by atoms with Gasteiger partial charge in [0.05, 0.1) is 11.1 Å². The topological polar surface area (TPSA) is 81.9 Å². The molecule has 0 N–H and O–H groups in total. The number of hydrogen-bond acceptors (Lipinski definition) is 6. The van der Waals surface area contributed by atoms with Gasteiger partial charge in [0, 0.05) is 6.92 Å². The fourth-order valence-corrected chi connectivity index (χ4v) is 2.76. The van der Waals surface area contributed by atoms with Crippen LogP contribution in [-0.2, 0) is 14.5 Å². The van der Waals surface area contributed by atoms with E-state index in [4.69, 9.17) is 9.68 Å². The van der Waals surface area contributed by atoms with E-state index in [2.05, 4.69) is 0 Å². The van der Waals surface area contributed by atoms with Gasteiger partial charge in [-0.15, -0.1) is 15.2 Å². The highest BCUT2D eigenvalue weighted by atomic mass is 17.0. The van der Waals surface area contributed by atoms with Crippen molar-refractivity contribution in [3.05, 3.63) is 10.1 Å². The Kier molecular flexibility index (Phi) is 4.39. The molecule has 1 saturated heterocycles. The van der Waals surface area contributed by atoms with E-state index in [0.717, 1.165) is 0 Å². The summed E-state index contributed by atoms with van der Waals surface area (Å²) in [7, 11) is 0. The van der Waals surface area contributed by atoms with Crippen LogP contribution in [0.25, 0.3) is 0 Å². The van der Waals surface area contributed by atoms with Crippen molar-refractivity contribution in [3.8, 4) is 0 Å². The first-order valence-corrected chi connectivity index (χ1v) is 6.35. The van der Waals surface area contributed by atoms with Gasteiger partial charge in [0.2, 0.25) is 0 Å². The number of hydrogen-bond donors (Lipinski definition) is 0. The van der Waals surface area contributed by atoms with Gasteiger partial charge in [-0.2, -0.15) is 0 Å². The lowest BCUT2D eigenvalue weighted by Crippen LogP contribution is -2.55. The number of hydroxylamine groups is 2. The molecule has 7 nitrogen and oxygen atoms in total. The molecule has 0 spiro atoms. The molecule has 1 aliphatic rings. The van der Waals surface area contributed by atoms with E-state index in [9.17, 15) is 14.9 Å². The fraction of sp³-hybridized carbons (Fsp3) is 0.917. The third-order valence-corrected chi connectivity index (χ3v) is 3.36. The molecule has 1 aliphatic heterocycles. The predicted molar refractivity (Wildman–Crippen MR) is 67.5 cm³/mol. The summed E-state index contributed by atoms with van der Waals surface area (Å²) < 4.78 is 0. The average Bonchev–Trinajstić information content (AvgIpc) is 2.27. The molecule has 0 aromatic heterocycles. The average molecular weight is 274 g/mol. The Morgan fingerprint density at radius 2 is 1.89 bits per heavy atom. The summed E-state index contributed by atoms with van der Waals surface area (Å²) in [6.45, 7) is 9.03. The predicted octanol–water partition coefficient (Wildman–Crippen LogP) is 2.08. The SMILES string of the molecule is CC(=O)ON1C(C)(C)CCC(O[N+](=O)[O-])CC1(C)C. The molecule has 1 fully saturated rings. The Balaban J connectivity index is 2.96. The first kappa shape index (κ1) is 15.7. The van der Waals surface area contributed by atoms with E-state index < -0.39 is 28.2 Å². The van der Waals surface area contributed by atoms with Crippen LogP contribution in [0.2, 0.25) is 0 Å². The quantitative estimate of drug-likeness (QED) is 0.579. The molecule has 0 bridgehead atoms. The van der Waals surface area contributed by atoms with E-state index >= 15 is 0 Å². The minimum absolute atomic E-state index is 0.394. The summed E-state index contributed by atoms with van der Waals surface area (Å²) >= 11 is 0. The summed E-state index contributed by atoms with van der Waals surface area (Å²) in [5, 5.41) is 11.4. The maximum absolute atomic E-state index is 11.3. The molecule has 0 radical (unpaired) electrons. The van der Waals surface area contributed by atoms with Crippen molar-refractivity contribution in [1.29, 1.82) is 0 Å². The molecule has 1 rings (SSSR count). The van der Waals surface area contributed by atoms with Gasteiger partial charge in [-0.3, -0.25) is 4.79 Å². The van der Waals surface area contributed by atoms with Gasteiger partial charge in [0.25, 0.3) is 5.09 Å². The second-order valence-electron chi connectivity index (χ2n) is 6.20. The number of carbonyl (C=O) groups excluding carboxylic acids is 1. The maximum atomic E-state index is 11.3. The zero-order valence-electron chi connectivity index (χ0n) is 12.1. The molecule has 0 aromatic rings. The van der Waals surface area contributed by atoms with Crippen molar-refractivity contribution in [2.45, 2.75) is 71.1 Å². The van der Waals surface area contributed by atoms with Crippen LogP contribution in [0.4, 0.5) is 0 Å². The van der Waals surface area contributed by atoms with Crippen LogP contribution < -0.4 is 0 Å². The summed E-state index contributed by atoms with van der Waals surface area (Å²) in [4.78, 5) is 31.8. The van der Waals surface area contributed by atoms with Crippen molar-refractivity contribution in [3.63, 3.8) is 0 Å². The minimum atomic E-state index is -0.755. The Bertz CT molecular complexity index is 367. The number of carbonyl (C=O) groups is 1. The summed E-state index contributed by atoms with van der Waals surface area (Å²) in [6.07, 6.45) is 1.13. The van der Waals surface area contributed by atoms with Crippen LogP contribution in [0.3, 0.4) is 0 Å². The molecule has 0 saturated carbocycles. The summed E-state index contributed by atoms with van der Waals surface area (Å²) in [5.74, 6) is -0.394. The Morgan fingerprint density at radius 3 is 2.37 bits per heavy atom. The lowest BCUT2D eigenvalue weighted by atomic mass is 9.95. The molecule has 0 aromatic carbocycles. The van der Waals surface area contributed by atoms with Crippen molar-refractivity contribution < 1.29 is 19.6 Å². The highest BCUT2D eigenvalue weighted by molar-refractivity contribution is 5.65. The normalized spacial score (nSPS) is 26.3. The van der Waals surface area contributed by atoms with Gasteiger partial charge < -0.3 is 9.68 Å². The standard InChI is InChI=1S/C12H22N2O5/c1-9(15)18-13-11(2,3)7-6-10(19-14(16)17)8-12(13,4)5/h10H,6-8H2,1-5H3. The third kappa shape index (κ3) is 4.05. The Labute approximate surface area is 112 Å². The largest absolute Gasteiger partial charge is 0.367 e. The van der Waals surface area contributed by atoms with Gasteiger partial charge in [-0.05, 0) is 47.0 Å². The molecular weight excluding hydrogens is 252 g/mol. The van der Waals surface area contributed by atoms with E-state index in [1.807, 2.05) is 27.7 Å². The lowest BCUT2D eigenvalue weighted by molar-refractivity contribution is -0.769. The Morgan fingerprint density at radius 1 is 1.32 bits per heavy atom. The molecule has 0 amide bonds. The molecule has 0 aliphatic carbocycles. The molecule has 7 heteroatoms. The molecular formula is C12H22N2O5. The third-order valence-electron chi connectivity index (χ3n) is 3.36. The van der Waals surface area contributed by atoms with Crippen LogP contribution in [0.15, 0.2) is 0 Å². The van der Waals surface area contributed by atoms with Crippen LogP contribution in [0.1, 0.15) is 53.9 Å². The zero-order chi connectivity index (χ0) is 14.8. The Hall–Kier alpha value is -1.37. The molecule has 1 heterocycles. The van der Waals surface area contributed by atoms with Crippen LogP contribution in [0.5, 0.6) is 0 Å². The molecule has 1 unspecified atom stereocenters. The first-order valence-electron chi connectivity index (χ1n) is 6.35. The molecule has 19 heavy (non-hydrogen) atoms. The monoisotopic (exact) mass is 274 g/mol. The van der Waals surface area contributed by atoms with Crippen molar-refractivity contribution in [2.75, 3.05) is 0 Å². The summed E-state index contributed by atoms with van der Waals surface area (Å²) in [5.41, 5.74) is -0.934. The van der Waals surface area contributed by atoms with E-state index in [-0.39, 0.29) is 0 Å². The van der Waals surface area contributed by atoms with E-state index in [1.54, 1.807) is 5.06 Å². The lowest BCUT2D eigenvalue weighted by Gasteiger charge is -2.44. The number of rotatable bonds is 3. The zero-order valence-corrected chi connectivity index (χ0v) is 12.1. The highest BCUT2D eigenvalue weighted by Crippen LogP contribution is 2.37. The molecule has 1 atom stereocenters. The number of nitrogens with zero attached hydrogens (tertiary/aromatic N) is 2. The minimum Gasteiger partial charge on any atom is -0.367 e. The second kappa shape index (κ2) is 5.32. The van der Waals surface area contributed by atoms with Crippen molar-refractivity contribution in [2.24, 2.45) is 0 Å². The highest BCUT2D eigenvalue weighted by Gasteiger charge is 2.45. The van der Waals surface area contributed by atoms with Crippen LogP contribution >= 0.6 is 0 Å². The van der Waals surface area contributed by atoms with Crippen LogP contribution in [0, 0.1) is 10.1 Å². The van der Waals surface area contributed by atoms with E-state index in [1.165, 1.54) is 6.92 Å². The van der Waals surface area contributed by atoms with Crippen molar-refractivity contribution in [1.82, 2.24) is 5.06 Å². The van der Waals surface area contributed by atoms with Gasteiger partial charge in [-0.25, -0.2) is 0 Å². The molecule has 110 valence electrons. The van der Waals surface area contributed by atoms with Crippen molar-refractivity contribution >= 4 is 5.97 Å². The second-order valence-corrected chi connectivity index (χ2v) is 6.20.